The molecule has 0 N–H and O–H groups in total. The van der Waals surface area contributed by atoms with E-state index in [1.165, 1.54) is 0 Å². The van der Waals surface area contributed by atoms with Gasteiger partial charge in [0.1, 0.15) is 11.6 Å². The van der Waals surface area contributed by atoms with Crippen LogP contribution >= 0.6 is 0 Å². The predicted molar refractivity (Wildman–Crippen MR) is 68.8 cm³/mol. The number of rotatable bonds is 1. The van der Waals surface area contributed by atoms with Crippen molar-refractivity contribution in [3.8, 4) is 0 Å². The Bertz CT molecular complexity index is 639. The summed E-state index contributed by atoms with van der Waals surface area (Å²) in [6.45, 7) is 1.91. The van der Waals surface area contributed by atoms with Crippen molar-refractivity contribution in [2.45, 2.75) is 19.8 Å². The van der Waals surface area contributed by atoms with Gasteiger partial charge >= 0.3 is 0 Å². The maximum absolute atomic E-state index is 13.8. The van der Waals surface area contributed by atoms with Crippen molar-refractivity contribution < 1.29 is 18.4 Å². The molecule has 1 heterocycles. The molecule has 5 heteroatoms. The molecule has 0 bridgehead atoms. The van der Waals surface area contributed by atoms with Crippen molar-refractivity contribution in [1.82, 2.24) is 0 Å². The van der Waals surface area contributed by atoms with Gasteiger partial charge in [-0.25, -0.2) is 13.7 Å². The molecular formula is C15H13F2NO2. The fourth-order valence-electron chi connectivity index (χ4n) is 2.94. The third-order valence-electron chi connectivity index (χ3n) is 3.97. The molecule has 1 fully saturated rings. The summed E-state index contributed by atoms with van der Waals surface area (Å²) in [6.07, 6.45) is 2.96. The molecule has 1 aliphatic carbocycles. The Morgan fingerprint density at radius 3 is 2.55 bits per heavy atom. The van der Waals surface area contributed by atoms with Gasteiger partial charge in [-0.15, -0.1) is 0 Å². The van der Waals surface area contributed by atoms with E-state index in [4.69, 9.17) is 0 Å². The van der Waals surface area contributed by atoms with Gasteiger partial charge in [0, 0.05) is 6.07 Å². The fourth-order valence-corrected chi connectivity index (χ4v) is 2.94. The second kappa shape index (κ2) is 4.51. The van der Waals surface area contributed by atoms with Gasteiger partial charge in [-0.3, -0.25) is 9.59 Å². The number of carbonyl (C=O) groups is 2. The lowest BCUT2D eigenvalue weighted by Crippen LogP contribution is -2.31. The van der Waals surface area contributed by atoms with Crippen molar-refractivity contribution in [2.75, 3.05) is 4.90 Å². The van der Waals surface area contributed by atoms with E-state index in [0.717, 1.165) is 22.6 Å². The third-order valence-corrected chi connectivity index (χ3v) is 3.97. The van der Waals surface area contributed by atoms with E-state index in [1.807, 2.05) is 13.0 Å². The quantitative estimate of drug-likeness (QED) is 0.584. The SMILES string of the molecule is CC1=CC[C@@H]2C(=O)N(c3ccc(F)cc3F)C(=O)[C@H]2C1. The Labute approximate surface area is 114 Å². The van der Waals surface area contributed by atoms with E-state index in [0.29, 0.717) is 18.9 Å². The minimum Gasteiger partial charge on any atom is -0.274 e. The summed E-state index contributed by atoms with van der Waals surface area (Å²) < 4.78 is 26.7. The van der Waals surface area contributed by atoms with E-state index >= 15 is 0 Å². The van der Waals surface area contributed by atoms with Crippen molar-refractivity contribution in [3.05, 3.63) is 41.5 Å². The highest BCUT2D eigenvalue weighted by Crippen LogP contribution is 2.40. The van der Waals surface area contributed by atoms with Gasteiger partial charge < -0.3 is 0 Å². The standard InChI is InChI=1S/C15H13F2NO2/c1-8-2-4-10-11(6-8)15(20)18(14(10)19)13-5-3-9(16)7-12(13)17/h2-3,5,7,10-11H,4,6H2,1H3/t10-,11-/m0/s1. The molecule has 0 aromatic heterocycles. The van der Waals surface area contributed by atoms with Crippen molar-refractivity contribution in [2.24, 2.45) is 11.8 Å². The number of carbonyl (C=O) groups excluding carboxylic acids is 2. The number of allylic oxidation sites excluding steroid dienone is 2. The minimum atomic E-state index is -0.893. The number of halogens is 2. The number of anilines is 1. The third kappa shape index (κ3) is 1.85. The Balaban J connectivity index is 2.00. The lowest BCUT2D eigenvalue weighted by Gasteiger charge is -2.18. The van der Waals surface area contributed by atoms with Crippen LogP contribution in [0.2, 0.25) is 0 Å². The molecule has 2 aliphatic rings. The van der Waals surface area contributed by atoms with Gasteiger partial charge in [0.15, 0.2) is 0 Å². The van der Waals surface area contributed by atoms with Crippen LogP contribution in [0, 0.1) is 23.5 Å². The Kier molecular flexibility index (Phi) is 2.92. The van der Waals surface area contributed by atoms with Gasteiger partial charge in [0.05, 0.1) is 17.5 Å². The van der Waals surface area contributed by atoms with Gasteiger partial charge in [-0.05, 0) is 31.9 Å². The zero-order valence-electron chi connectivity index (χ0n) is 10.9. The van der Waals surface area contributed by atoms with Crippen LogP contribution in [0.3, 0.4) is 0 Å². The molecule has 1 saturated heterocycles. The van der Waals surface area contributed by atoms with E-state index in [-0.39, 0.29) is 5.69 Å². The highest BCUT2D eigenvalue weighted by atomic mass is 19.1. The Hall–Kier alpha value is -2.04. The van der Waals surface area contributed by atoms with E-state index < -0.39 is 35.3 Å². The summed E-state index contributed by atoms with van der Waals surface area (Å²) in [7, 11) is 0. The predicted octanol–water partition coefficient (Wildman–Crippen LogP) is 2.81. The number of amides is 2. The highest BCUT2D eigenvalue weighted by molar-refractivity contribution is 6.22. The monoisotopic (exact) mass is 277 g/mol. The van der Waals surface area contributed by atoms with Crippen LogP contribution < -0.4 is 4.90 Å². The molecule has 0 radical (unpaired) electrons. The minimum absolute atomic E-state index is 0.159. The van der Waals surface area contributed by atoms with Gasteiger partial charge in [0.25, 0.3) is 0 Å². The number of imide groups is 1. The first-order valence-corrected chi connectivity index (χ1v) is 6.47. The molecule has 3 nitrogen and oxygen atoms in total. The molecule has 2 atom stereocenters. The smallest absolute Gasteiger partial charge is 0.238 e. The van der Waals surface area contributed by atoms with Crippen LogP contribution in [-0.2, 0) is 9.59 Å². The average molecular weight is 277 g/mol. The van der Waals surface area contributed by atoms with Crippen molar-refractivity contribution >= 4 is 17.5 Å². The average Bonchev–Trinajstić information content (AvgIpc) is 2.63. The summed E-state index contributed by atoms with van der Waals surface area (Å²) in [4.78, 5) is 25.5. The van der Waals surface area contributed by atoms with E-state index in [9.17, 15) is 18.4 Å². The van der Waals surface area contributed by atoms with Crippen LogP contribution in [0.15, 0.2) is 29.8 Å². The molecule has 20 heavy (non-hydrogen) atoms. The number of nitrogens with zero attached hydrogens (tertiary/aromatic N) is 1. The maximum atomic E-state index is 13.8. The lowest BCUT2D eigenvalue weighted by atomic mass is 9.82. The maximum Gasteiger partial charge on any atom is 0.238 e. The number of benzene rings is 1. The molecule has 3 rings (SSSR count). The Morgan fingerprint density at radius 1 is 1.15 bits per heavy atom. The molecule has 0 unspecified atom stereocenters. The van der Waals surface area contributed by atoms with Gasteiger partial charge in [-0.1, -0.05) is 11.6 Å². The van der Waals surface area contributed by atoms with Crippen LogP contribution in [0.25, 0.3) is 0 Å². The first-order valence-electron chi connectivity index (χ1n) is 6.47. The fraction of sp³-hybridized carbons (Fsp3) is 0.333. The molecule has 0 spiro atoms. The van der Waals surface area contributed by atoms with E-state index in [1.54, 1.807) is 0 Å². The largest absolute Gasteiger partial charge is 0.274 e. The number of fused-ring (bicyclic) bond motifs is 1. The molecule has 1 aromatic rings. The normalized spacial score (nSPS) is 25.8. The van der Waals surface area contributed by atoms with E-state index in [2.05, 4.69) is 0 Å². The molecule has 1 aromatic carbocycles. The lowest BCUT2D eigenvalue weighted by molar-refractivity contribution is -0.122. The Morgan fingerprint density at radius 2 is 1.85 bits per heavy atom. The summed E-state index contributed by atoms with van der Waals surface area (Å²) in [5.74, 6) is -3.25. The number of hydrogen-bond acceptors (Lipinski definition) is 2. The zero-order chi connectivity index (χ0) is 14.4. The van der Waals surface area contributed by atoms with Crippen LogP contribution in [0.5, 0.6) is 0 Å². The van der Waals surface area contributed by atoms with Crippen LogP contribution in [-0.4, -0.2) is 11.8 Å². The topological polar surface area (TPSA) is 37.4 Å². The summed E-state index contributed by atoms with van der Waals surface area (Å²) in [5, 5.41) is 0. The number of hydrogen-bond donors (Lipinski definition) is 0. The van der Waals surface area contributed by atoms with Gasteiger partial charge in [-0.2, -0.15) is 0 Å². The van der Waals surface area contributed by atoms with Crippen molar-refractivity contribution in [1.29, 1.82) is 0 Å². The van der Waals surface area contributed by atoms with Crippen molar-refractivity contribution in [3.63, 3.8) is 0 Å². The first-order chi connectivity index (χ1) is 9.49. The van der Waals surface area contributed by atoms with Gasteiger partial charge in [0.2, 0.25) is 11.8 Å². The highest BCUT2D eigenvalue weighted by Gasteiger charge is 2.49. The molecule has 1 aliphatic heterocycles. The second-order valence-electron chi connectivity index (χ2n) is 5.31. The molecule has 2 amide bonds. The summed E-state index contributed by atoms with van der Waals surface area (Å²) in [6, 6.07) is 2.86. The first kappa shape index (κ1) is 13.0. The second-order valence-corrected chi connectivity index (χ2v) is 5.31. The molecular weight excluding hydrogens is 264 g/mol. The molecule has 0 saturated carbocycles. The van der Waals surface area contributed by atoms with Crippen LogP contribution in [0.4, 0.5) is 14.5 Å². The summed E-state index contributed by atoms with van der Waals surface area (Å²) >= 11 is 0. The summed E-state index contributed by atoms with van der Waals surface area (Å²) in [5.41, 5.74) is 0.905. The van der Waals surface area contributed by atoms with Crippen LogP contribution in [0.1, 0.15) is 19.8 Å². The molecule has 104 valence electrons. The zero-order valence-corrected chi connectivity index (χ0v) is 10.9.